The van der Waals surface area contributed by atoms with E-state index >= 15 is 0 Å². The number of aromatic nitrogens is 5. The van der Waals surface area contributed by atoms with Gasteiger partial charge in [-0.25, -0.2) is 4.39 Å². The molecule has 0 bridgehead atoms. The monoisotopic (exact) mass is 353 g/mol. The molecule has 3 aromatic heterocycles. The minimum atomic E-state index is -0.386. The molecular weight excluding hydrogens is 337 g/mol. The number of benzene rings is 1. The van der Waals surface area contributed by atoms with E-state index in [0.29, 0.717) is 28.8 Å². The van der Waals surface area contributed by atoms with Crippen molar-refractivity contribution in [3.63, 3.8) is 0 Å². The number of pyridine rings is 1. The Labute approximate surface area is 148 Å². The zero-order valence-corrected chi connectivity index (χ0v) is 14.3. The summed E-state index contributed by atoms with van der Waals surface area (Å²) in [5, 5.41) is 9.77. The third kappa shape index (κ3) is 2.59. The first-order valence-electron chi connectivity index (χ1n) is 8.16. The predicted molar refractivity (Wildman–Crippen MR) is 93.8 cm³/mol. The summed E-state index contributed by atoms with van der Waals surface area (Å²) in [7, 11) is 1.80. The van der Waals surface area contributed by atoms with E-state index in [1.807, 2.05) is 0 Å². The highest BCUT2D eigenvalue weighted by molar-refractivity contribution is 5.95. The Balaban J connectivity index is 1.85. The van der Waals surface area contributed by atoms with Crippen LogP contribution in [0.1, 0.15) is 6.92 Å². The number of fused-ring (bicyclic) bond motifs is 2. The van der Waals surface area contributed by atoms with Gasteiger partial charge in [-0.1, -0.05) is 0 Å². The maximum absolute atomic E-state index is 14.7. The number of carbonyl (C=O) groups is 1. The molecule has 8 heteroatoms. The molecule has 0 atom stereocenters. The lowest BCUT2D eigenvalue weighted by Crippen LogP contribution is -2.14. The topological polar surface area (TPSA) is 74.8 Å². The summed E-state index contributed by atoms with van der Waals surface area (Å²) in [5.41, 5.74) is 2.33. The van der Waals surface area contributed by atoms with E-state index in [-0.39, 0.29) is 18.3 Å². The first-order valence-corrected chi connectivity index (χ1v) is 8.16. The lowest BCUT2D eigenvalue weighted by atomic mass is 10.1. The van der Waals surface area contributed by atoms with Crippen LogP contribution in [0.25, 0.3) is 33.1 Å². The molecule has 0 N–H and O–H groups in total. The first-order chi connectivity index (χ1) is 12.6. The molecule has 0 saturated heterocycles. The molecule has 0 unspecified atom stereocenters. The molecule has 26 heavy (non-hydrogen) atoms. The molecule has 0 aliphatic carbocycles. The SMILES string of the molecule is CCOC(=O)Cn1ncc2c(-c3cc4c(cnn4C)cc3F)nccc21. The molecule has 0 fully saturated rings. The summed E-state index contributed by atoms with van der Waals surface area (Å²) in [6, 6.07) is 4.91. The summed E-state index contributed by atoms with van der Waals surface area (Å²) in [6.45, 7) is 2.04. The van der Waals surface area contributed by atoms with Crippen LogP contribution in [-0.4, -0.2) is 37.1 Å². The van der Waals surface area contributed by atoms with Gasteiger partial charge in [-0.05, 0) is 25.1 Å². The number of hydrogen-bond acceptors (Lipinski definition) is 5. The van der Waals surface area contributed by atoms with Crippen LogP contribution < -0.4 is 0 Å². The molecule has 0 amide bonds. The number of ether oxygens (including phenoxy) is 1. The molecular formula is C18H16FN5O2. The Morgan fingerprint density at radius 1 is 1.23 bits per heavy atom. The van der Waals surface area contributed by atoms with Gasteiger partial charge >= 0.3 is 5.97 Å². The number of esters is 1. The second-order valence-corrected chi connectivity index (χ2v) is 5.86. The van der Waals surface area contributed by atoms with Crippen LogP contribution in [0.15, 0.2) is 36.8 Å². The first kappa shape index (κ1) is 16.2. The number of rotatable bonds is 4. The molecule has 3 heterocycles. The van der Waals surface area contributed by atoms with Crippen molar-refractivity contribution < 1.29 is 13.9 Å². The third-order valence-electron chi connectivity index (χ3n) is 4.25. The lowest BCUT2D eigenvalue weighted by Gasteiger charge is -2.07. The largest absolute Gasteiger partial charge is 0.465 e. The Bertz CT molecular complexity index is 1130. The predicted octanol–water partition coefficient (Wildman–Crippen LogP) is 2.69. The maximum atomic E-state index is 14.7. The number of halogens is 1. The Morgan fingerprint density at radius 2 is 2.08 bits per heavy atom. The Hall–Kier alpha value is -3.29. The molecule has 7 nitrogen and oxygen atoms in total. The van der Waals surface area contributed by atoms with Crippen LogP contribution in [0.2, 0.25) is 0 Å². The lowest BCUT2D eigenvalue weighted by molar-refractivity contribution is -0.143. The summed E-state index contributed by atoms with van der Waals surface area (Å²) >= 11 is 0. The van der Waals surface area contributed by atoms with Crippen molar-refractivity contribution in [2.24, 2.45) is 7.05 Å². The standard InChI is InChI=1S/C18H16FN5O2/c1-3-26-17(25)10-24-15-4-5-20-18(13(15)9-22-24)12-7-16-11(6-14(12)19)8-21-23(16)2/h4-9H,3,10H2,1-2H3. The minimum Gasteiger partial charge on any atom is -0.465 e. The van der Waals surface area contributed by atoms with E-state index < -0.39 is 0 Å². The molecule has 0 saturated carbocycles. The number of carbonyl (C=O) groups excluding carboxylic acids is 1. The number of aryl methyl sites for hydroxylation is 1. The van der Waals surface area contributed by atoms with Crippen molar-refractivity contribution in [1.82, 2.24) is 24.5 Å². The van der Waals surface area contributed by atoms with Gasteiger partial charge in [0.1, 0.15) is 12.4 Å². The average molecular weight is 353 g/mol. The highest BCUT2D eigenvalue weighted by atomic mass is 19.1. The second-order valence-electron chi connectivity index (χ2n) is 5.86. The summed E-state index contributed by atoms with van der Waals surface area (Å²) in [5.74, 6) is -0.762. The van der Waals surface area contributed by atoms with Gasteiger partial charge in [-0.2, -0.15) is 10.2 Å². The zero-order valence-electron chi connectivity index (χ0n) is 14.3. The van der Waals surface area contributed by atoms with Gasteiger partial charge in [0.2, 0.25) is 0 Å². The van der Waals surface area contributed by atoms with Crippen LogP contribution in [0, 0.1) is 5.82 Å². The van der Waals surface area contributed by atoms with Gasteiger partial charge in [0.05, 0.1) is 35.7 Å². The van der Waals surface area contributed by atoms with Gasteiger partial charge in [-0.15, -0.1) is 0 Å². The summed E-state index contributed by atoms with van der Waals surface area (Å²) in [6.07, 6.45) is 4.78. The van der Waals surface area contributed by atoms with Crippen LogP contribution >= 0.6 is 0 Å². The van der Waals surface area contributed by atoms with Crippen molar-refractivity contribution >= 4 is 27.8 Å². The molecule has 0 aliphatic heterocycles. The van der Waals surface area contributed by atoms with Crippen LogP contribution in [0.4, 0.5) is 4.39 Å². The molecule has 4 rings (SSSR count). The molecule has 0 aliphatic rings. The third-order valence-corrected chi connectivity index (χ3v) is 4.25. The van der Waals surface area contributed by atoms with E-state index in [1.165, 1.54) is 10.7 Å². The molecule has 4 aromatic rings. The maximum Gasteiger partial charge on any atom is 0.327 e. The summed E-state index contributed by atoms with van der Waals surface area (Å²) < 4.78 is 22.9. The summed E-state index contributed by atoms with van der Waals surface area (Å²) in [4.78, 5) is 16.1. The second kappa shape index (κ2) is 6.21. The van der Waals surface area contributed by atoms with Crippen molar-refractivity contribution in [2.75, 3.05) is 6.61 Å². The fourth-order valence-electron chi connectivity index (χ4n) is 3.03. The van der Waals surface area contributed by atoms with Crippen LogP contribution in [-0.2, 0) is 23.1 Å². The quantitative estimate of drug-likeness (QED) is 0.527. The molecule has 0 radical (unpaired) electrons. The van der Waals surface area contributed by atoms with E-state index in [0.717, 1.165) is 10.9 Å². The highest BCUT2D eigenvalue weighted by Crippen LogP contribution is 2.31. The smallest absolute Gasteiger partial charge is 0.327 e. The molecule has 132 valence electrons. The average Bonchev–Trinajstić information content (AvgIpc) is 3.18. The minimum absolute atomic E-state index is 0.00988. The Kier molecular flexibility index (Phi) is 3.87. The zero-order chi connectivity index (χ0) is 18.3. The van der Waals surface area contributed by atoms with Crippen molar-refractivity contribution in [3.8, 4) is 11.3 Å². The van der Waals surface area contributed by atoms with Gasteiger partial charge in [0, 0.05) is 29.6 Å². The van der Waals surface area contributed by atoms with Crippen molar-refractivity contribution in [3.05, 3.63) is 42.6 Å². The van der Waals surface area contributed by atoms with Gasteiger partial charge < -0.3 is 4.74 Å². The van der Waals surface area contributed by atoms with E-state index in [1.54, 1.807) is 49.4 Å². The van der Waals surface area contributed by atoms with E-state index in [4.69, 9.17) is 4.74 Å². The fourth-order valence-corrected chi connectivity index (χ4v) is 3.03. The fraction of sp³-hybridized carbons (Fsp3) is 0.222. The van der Waals surface area contributed by atoms with E-state index in [2.05, 4.69) is 15.2 Å². The Morgan fingerprint density at radius 3 is 2.88 bits per heavy atom. The van der Waals surface area contributed by atoms with Crippen molar-refractivity contribution in [1.29, 1.82) is 0 Å². The normalized spacial score (nSPS) is 11.3. The number of nitrogens with zero attached hydrogens (tertiary/aromatic N) is 5. The highest BCUT2D eigenvalue weighted by Gasteiger charge is 2.16. The van der Waals surface area contributed by atoms with Crippen LogP contribution in [0.3, 0.4) is 0 Å². The molecule has 1 aromatic carbocycles. The van der Waals surface area contributed by atoms with Gasteiger partial charge in [0.15, 0.2) is 0 Å². The van der Waals surface area contributed by atoms with E-state index in [9.17, 15) is 9.18 Å². The van der Waals surface area contributed by atoms with Gasteiger partial charge in [-0.3, -0.25) is 19.1 Å². The molecule has 0 spiro atoms. The van der Waals surface area contributed by atoms with Crippen molar-refractivity contribution in [2.45, 2.75) is 13.5 Å². The number of hydrogen-bond donors (Lipinski definition) is 0. The van der Waals surface area contributed by atoms with Gasteiger partial charge in [0.25, 0.3) is 0 Å². The van der Waals surface area contributed by atoms with Crippen LogP contribution in [0.5, 0.6) is 0 Å².